The standard InChI is InChI=1S/C10H15ClN4O2/c1-3-15-10(17)9(11)7(6-14-15)13-5-4-8(16)12-2/h6,13H,3-5H2,1-2H3,(H,12,16). The second kappa shape index (κ2) is 6.24. The van der Waals surface area contributed by atoms with Gasteiger partial charge in [0.15, 0.2) is 0 Å². The molecule has 0 saturated heterocycles. The van der Waals surface area contributed by atoms with Crippen LogP contribution in [-0.2, 0) is 11.3 Å². The van der Waals surface area contributed by atoms with E-state index in [1.807, 2.05) is 6.92 Å². The molecule has 0 radical (unpaired) electrons. The Morgan fingerprint density at radius 1 is 1.59 bits per heavy atom. The van der Waals surface area contributed by atoms with Crippen LogP contribution in [0.5, 0.6) is 0 Å². The van der Waals surface area contributed by atoms with Gasteiger partial charge in [-0.2, -0.15) is 5.10 Å². The van der Waals surface area contributed by atoms with Gasteiger partial charge in [-0.25, -0.2) is 4.68 Å². The van der Waals surface area contributed by atoms with Gasteiger partial charge in [-0.05, 0) is 6.92 Å². The second-order valence-corrected chi connectivity index (χ2v) is 3.72. The number of aromatic nitrogens is 2. The number of rotatable bonds is 5. The number of nitrogens with zero attached hydrogens (tertiary/aromatic N) is 2. The van der Waals surface area contributed by atoms with Gasteiger partial charge in [0.25, 0.3) is 5.56 Å². The molecule has 7 heteroatoms. The van der Waals surface area contributed by atoms with E-state index in [2.05, 4.69) is 15.7 Å². The minimum Gasteiger partial charge on any atom is -0.382 e. The number of carbonyl (C=O) groups is 1. The average Bonchev–Trinajstić information content (AvgIpc) is 2.34. The zero-order chi connectivity index (χ0) is 12.8. The molecule has 0 aliphatic rings. The molecule has 1 rings (SSSR count). The van der Waals surface area contributed by atoms with Gasteiger partial charge in [0, 0.05) is 26.6 Å². The Morgan fingerprint density at radius 2 is 2.29 bits per heavy atom. The van der Waals surface area contributed by atoms with E-state index in [1.54, 1.807) is 7.05 Å². The maximum Gasteiger partial charge on any atom is 0.287 e. The molecule has 94 valence electrons. The number of anilines is 1. The molecule has 0 atom stereocenters. The second-order valence-electron chi connectivity index (χ2n) is 3.34. The number of amides is 1. The molecule has 17 heavy (non-hydrogen) atoms. The Labute approximate surface area is 104 Å². The van der Waals surface area contributed by atoms with E-state index < -0.39 is 0 Å². The SMILES string of the molecule is CCn1ncc(NCCC(=O)NC)c(Cl)c1=O. The summed E-state index contributed by atoms with van der Waals surface area (Å²) in [4.78, 5) is 22.6. The van der Waals surface area contributed by atoms with Crippen LogP contribution in [0.1, 0.15) is 13.3 Å². The van der Waals surface area contributed by atoms with Crippen LogP contribution in [-0.4, -0.2) is 29.3 Å². The normalized spacial score (nSPS) is 10.1. The Balaban J connectivity index is 2.70. The minimum absolute atomic E-state index is 0.0801. The summed E-state index contributed by atoms with van der Waals surface area (Å²) in [6.45, 7) is 2.68. The molecule has 0 saturated carbocycles. The summed E-state index contributed by atoms with van der Waals surface area (Å²) in [5.41, 5.74) is 0.115. The molecule has 0 spiro atoms. The molecule has 0 bridgehead atoms. The number of aryl methyl sites for hydroxylation is 1. The summed E-state index contributed by atoms with van der Waals surface area (Å²) in [7, 11) is 1.57. The van der Waals surface area contributed by atoms with Crippen molar-refractivity contribution in [3.63, 3.8) is 0 Å². The molecule has 0 aromatic carbocycles. The molecule has 1 heterocycles. The van der Waals surface area contributed by atoms with Crippen LogP contribution in [0.15, 0.2) is 11.0 Å². The van der Waals surface area contributed by atoms with Crippen molar-refractivity contribution in [3.05, 3.63) is 21.6 Å². The van der Waals surface area contributed by atoms with Crippen LogP contribution in [0.2, 0.25) is 5.02 Å². The molecule has 0 aliphatic carbocycles. The fourth-order valence-electron chi connectivity index (χ4n) is 1.25. The average molecular weight is 259 g/mol. The van der Waals surface area contributed by atoms with Crippen molar-refractivity contribution in [2.75, 3.05) is 18.9 Å². The zero-order valence-electron chi connectivity index (χ0n) is 9.79. The van der Waals surface area contributed by atoms with Gasteiger partial charge in [0.1, 0.15) is 5.02 Å². The highest BCUT2D eigenvalue weighted by Crippen LogP contribution is 2.14. The first-order chi connectivity index (χ1) is 8.10. The molecule has 0 unspecified atom stereocenters. The number of hydrogen-bond acceptors (Lipinski definition) is 4. The third-order valence-electron chi connectivity index (χ3n) is 2.23. The largest absolute Gasteiger partial charge is 0.382 e. The Morgan fingerprint density at radius 3 is 2.88 bits per heavy atom. The highest BCUT2D eigenvalue weighted by molar-refractivity contribution is 6.32. The van der Waals surface area contributed by atoms with Crippen molar-refractivity contribution in [2.24, 2.45) is 0 Å². The lowest BCUT2D eigenvalue weighted by atomic mass is 10.3. The predicted molar refractivity (Wildman–Crippen MR) is 66.4 cm³/mol. The minimum atomic E-state index is -0.334. The highest BCUT2D eigenvalue weighted by atomic mass is 35.5. The lowest BCUT2D eigenvalue weighted by Crippen LogP contribution is -2.24. The van der Waals surface area contributed by atoms with Crippen LogP contribution < -0.4 is 16.2 Å². The van der Waals surface area contributed by atoms with Gasteiger partial charge in [0.05, 0.1) is 11.9 Å². The summed E-state index contributed by atoms with van der Waals surface area (Å²) in [5.74, 6) is -0.0801. The summed E-state index contributed by atoms with van der Waals surface area (Å²) >= 11 is 5.89. The molecule has 6 nitrogen and oxygen atoms in total. The molecule has 1 aromatic rings. The van der Waals surface area contributed by atoms with Crippen molar-refractivity contribution < 1.29 is 4.79 Å². The van der Waals surface area contributed by atoms with Crippen molar-refractivity contribution in [2.45, 2.75) is 19.9 Å². The molecule has 2 N–H and O–H groups in total. The van der Waals surface area contributed by atoms with Gasteiger partial charge in [0.2, 0.25) is 5.91 Å². The molecule has 0 aliphatic heterocycles. The quantitative estimate of drug-likeness (QED) is 0.805. The highest BCUT2D eigenvalue weighted by Gasteiger charge is 2.08. The van der Waals surface area contributed by atoms with Crippen LogP contribution in [0, 0.1) is 0 Å². The topological polar surface area (TPSA) is 76.0 Å². The lowest BCUT2D eigenvalue weighted by molar-refractivity contribution is -0.120. The smallest absolute Gasteiger partial charge is 0.287 e. The number of carbonyl (C=O) groups excluding carboxylic acids is 1. The third-order valence-corrected chi connectivity index (χ3v) is 2.60. The molecular weight excluding hydrogens is 244 g/mol. The number of nitrogens with one attached hydrogen (secondary N) is 2. The maximum absolute atomic E-state index is 11.6. The van der Waals surface area contributed by atoms with Crippen molar-refractivity contribution in [1.82, 2.24) is 15.1 Å². The van der Waals surface area contributed by atoms with Crippen LogP contribution in [0.4, 0.5) is 5.69 Å². The molecular formula is C10H15ClN4O2. The van der Waals surface area contributed by atoms with Gasteiger partial charge in [-0.1, -0.05) is 11.6 Å². The van der Waals surface area contributed by atoms with E-state index in [0.717, 1.165) is 0 Å². The number of halogens is 1. The van der Waals surface area contributed by atoms with Crippen molar-refractivity contribution in [3.8, 4) is 0 Å². The maximum atomic E-state index is 11.6. The Bertz CT molecular complexity index is 458. The first-order valence-electron chi connectivity index (χ1n) is 5.30. The third kappa shape index (κ3) is 3.45. The van der Waals surface area contributed by atoms with Crippen molar-refractivity contribution >= 4 is 23.2 Å². The van der Waals surface area contributed by atoms with E-state index in [9.17, 15) is 9.59 Å². The summed E-state index contributed by atoms with van der Waals surface area (Å²) < 4.78 is 1.27. The predicted octanol–water partition coefficient (Wildman–Crippen LogP) is 0.465. The van der Waals surface area contributed by atoms with Crippen LogP contribution in [0.25, 0.3) is 0 Å². The number of hydrogen-bond donors (Lipinski definition) is 2. The monoisotopic (exact) mass is 258 g/mol. The van der Waals surface area contributed by atoms with Gasteiger partial charge < -0.3 is 10.6 Å². The van der Waals surface area contributed by atoms with E-state index in [1.165, 1.54) is 10.9 Å². The van der Waals surface area contributed by atoms with Crippen LogP contribution >= 0.6 is 11.6 Å². The Hall–Kier alpha value is -1.56. The first kappa shape index (κ1) is 13.5. The Kier molecular flexibility index (Phi) is 4.96. The summed E-state index contributed by atoms with van der Waals surface area (Å²) in [5, 5.41) is 9.43. The fourth-order valence-corrected chi connectivity index (χ4v) is 1.46. The summed E-state index contributed by atoms with van der Waals surface area (Å²) in [6.07, 6.45) is 1.79. The van der Waals surface area contributed by atoms with E-state index in [0.29, 0.717) is 25.2 Å². The van der Waals surface area contributed by atoms with E-state index >= 15 is 0 Å². The van der Waals surface area contributed by atoms with Gasteiger partial charge in [-0.3, -0.25) is 9.59 Å². The van der Waals surface area contributed by atoms with E-state index in [-0.39, 0.29) is 16.5 Å². The first-order valence-corrected chi connectivity index (χ1v) is 5.68. The van der Waals surface area contributed by atoms with Crippen molar-refractivity contribution in [1.29, 1.82) is 0 Å². The lowest BCUT2D eigenvalue weighted by Gasteiger charge is -2.08. The van der Waals surface area contributed by atoms with Crippen LogP contribution in [0.3, 0.4) is 0 Å². The molecule has 0 fully saturated rings. The van der Waals surface area contributed by atoms with Gasteiger partial charge >= 0.3 is 0 Å². The molecule has 1 aromatic heterocycles. The van der Waals surface area contributed by atoms with E-state index in [4.69, 9.17) is 11.6 Å². The zero-order valence-corrected chi connectivity index (χ0v) is 10.5. The van der Waals surface area contributed by atoms with Gasteiger partial charge in [-0.15, -0.1) is 0 Å². The molecule has 1 amide bonds. The fraction of sp³-hybridized carbons (Fsp3) is 0.500. The summed E-state index contributed by atoms with van der Waals surface area (Å²) in [6, 6.07) is 0.